The number of hydrogen-bond acceptors (Lipinski definition) is 7. The average molecular weight is 480 g/mol. The second-order valence-electron chi connectivity index (χ2n) is 5.88. The molecule has 0 aliphatic heterocycles. The number of methoxy groups -OCH3 is 3. The monoisotopic (exact) mass is 478 g/mol. The van der Waals surface area contributed by atoms with Gasteiger partial charge in [0.25, 0.3) is 0 Å². The molecule has 0 fully saturated rings. The SMILES string of the molecule is COc1cc(-n2cnc(Nc3nc(Cl)nc4cc(Br)cn34)c2)cc(OC)c1OC. The molecule has 150 valence electrons. The molecule has 0 atom stereocenters. The van der Waals surface area contributed by atoms with Gasteiger partial charge in [-0.05, 0) is 33.6 Å². The number of halogens is 2. The van der Waals surface area contributed by atoms with Crippen LogP contribution in [0.2, 0.25) is 5.28 Å². The molecule has 0 spiro atoms. The van der Waals surface area contributed by atoms with E-state index in [9.17, 15) is 0 Å². The quantitative estimate of drug-likeness (QED) is 0.445. The van der Waals surface area contributed by atoms with Gasteiger partial charge < -0.3 is 24.1 Å². The number of aromatic nitrogens is 5. The number of hydrogen-bond donors (Lipinski definition) is 1. The fourth-order valence-electron chi connectivity index (χ4n) is 2.88. The van der Waals surface area contributed by atoms with Crippen molar-refractivity contribution in [2.45, 2.75) is 0 Å². The molecule has 0 bridgehead atoms. The first kappa shape index (κ1) is 19.3. The zero-order chi connectivity index (χ0) is 20.5. The first-order valence-electron chi connectivity index (χ1n) is 8.35. The second kappa shape index (κ2) is 7.80. The van der Waals surface area contributed by atoms with E-state index in [1.807, 2.05) is 29.0 Å². The summed E-state index contributed by atoms with van der Waals surface area (Å²) in [4.78, 5) is 12.8. The number of nitrogens with zero attached hydrogens (tertiary/aromatic N) is 5. The Morgan fingerprint density at radius 3 is 2.38 bits per heavy atom. The Labute approximate surface area is 179 Å². The molecule has 0 aliphatic carbocycles. The second-order valence-corrected chi connectivity index (χ2v) is 7.13. The van der Waals surface area contributed by atoms with E-state index in [0.29, 0.717) is 34.7 Å². The van der Waals surface area contributed by atoms with Crippen LogP contribution in [-0.4, -0.2) is 45.2 Å². The number of anilines is 2. The smallest absolute Gasteiger partial charge is 0.227 e. The van der Waals surface area contributed by atoms with Crippen molar-refractivity contribution in [1.29, 1.82) is 0 Å². The van der Waals surface area contributed by atoms with Crippen LogP contribution in [-0.2, 0) is 0 Å². The lowest BCUT2D eigenvalue weighted by Gasteiger charge is -2.14. The van der Waals surface area contributed by atoms with Crippen molar-refractivity contribution in [3.63, 3.8) is 0 Å². The predicted octanol–water partition coefficient (Wildman–Crippen LogP) is 4.10. The minimum absolute atomic E-state index is 0.134. The van der Waals surface area contributed by atoms with E-state index in [2.05, 4.69) is 36.2 Å². The molecule has 0 saturated carbocycles. The van der Waals surface area contributed by atoms with Crippen molar-refractivity contribution < 1.29 is 14.2 Å². The Hall–Kier alpha value is -2.98. The average Bonchev–Trinajstić information content (AvgIpc) is 3.32. The molecule has 3 heterocycles. The zero-order valence-corrected chi connectivity index (χ0v) is 18.0. The molecule has 9 nitrogen and oxygen atoms in total. The van der Waals surface area contributed by atoms with Crippen LogP contribution in [0.4, 0.5) is 11.8 Å². The molecule has 1 N–H and O–H groups in total. The maximum Gasteiger partial charge on any atom is 0.227 e. The van der Waals surface area contributed by atoms with Gasteiger partial charge in [-0.3, -0.25) is 4.40 Å². The molecule has 11 heteroatoms. The first-order valence-corrected chi connectivity index (χ1v) is 9.52. The van der Waals surface area contributed by atoms with Gasteiger partial charge >= 0.3 is 0 Å². The lowest BCUT2D eigenvalue weighted by atomic mass is 10.2. The standard InChI is InChI=1S/C18H16BrClN6O3/c1-27-12-5-11(6-13(28-2)16(12)29-3)25-8-14(21-9-25)22-18-24-17(20)23-15-4-10(19)7-26(15)18/h4-9H,1-3H3,(H,22,23,24). The number of rotatable bonds is 6. The molecule has 29 heavy (non-hydrogen) atoms. The van der Waals surface area contributed by atoms with Gasteiger partial charge in [-0.2, -0.15) is 9.97 Å². The van der Waals surface area contributed by atoms with Gasteiger partial charge in [0.1, 0.15) is 12.0 Å². The zero-order valence-electron chi connectivity index (χ0n) is 15.7. The van der Waals surface area contributed by atoms with Crippen LogP contribution in [0.5, 0.6) is 17.2 Å². The fraction of sp³-hybridized carbons (Fsp3) is 0.167. The number of benzene rings is 1. The fourth-order valence-corrected chi connectivity index (χ4v) is 3.46. The van der Waals surface area contributed by atoms with Crippen molar-refractivity contribution in [1.82, 2.24) is 23.9 Å². The number of nitrogens with one attached hydrogen (secondary N) is 1. The summed E-state index contributed by atoms with van der Waals surface area (Å²) in [6, 6.07) is 5.50. The molecular formula is C18H16BrClN6O3. The molecule has 1 aromatic carbocycles. The van der Waals surface area contributed by atoms with Gasteiger partial charge in [-0.25, -0.2) is 4.98 Å². The topological polar surface area (TPSA) is 87.7 Å². The Morgan fingerprint density at radius 1 is 1.00 bits per heavy atom. The van der Waals surface area contributed by atoms with Gasteiger partial charge in [0.2, 0.25) is 17.0 Å². The molecular weight excluding hydrogens is 464 g/mol. The molecule has 0 saturated heterocycles. The Kier molecular flexibility index (Phi) is 5.20. The highest BCUT2D eigenvalue weighted by atomic mass is 79.9. The van der Waals surface area contributed by atoms with E-state index in [4.69, 9.17) is 25.8 Å². The highest BCUT2D eigenvalue weighted by Crippen LogP contribution is 2.39. The lowest BCUT2D eigenvalue weighted by molar-refractivity contribution is 0.324. The van der Waals surface area contributed by atoms with Crippen molar-refractivity contribution in [3.8, 4) is 22.9 Å². The molecule has 0 aliphatic rings. The Balaban J connectivity index is 1.70. The summed E-state index contributed by atoms with van der Waals surface area (Å²) in [6.07, 6.45) is 5.31. The molecule has 0 amide bonds. The van der Waals surface area contributed by atoms with Gasteiger partial charge in [-0.1, -0.05) is 0 Å². The van der Waals surface area contributed by atoms with E-state index in [-0.39, 0.29) is 5.28 Å². The van der Waals surface area contributed by atoms with E-state index >= 15 is 0 Å². The first-order chi connectivity index (χ1) is 14.0. The molecule has 0 radical (unpaired) electrons. The largest absolute Gasteiger partial charge is 0.493 e. The minimum atomic E-state index is 0.134. The van der Waals surface area contributed by atoms with Gasteiger partial charge in [0.15, 0.2) is 17.3 Å². The van der Waals surface area contributed by atoms with Crippen molar-refractivity contribution in [2.75, 3.05) is 26.6 Å². The Bertz CT molecular complexity index is 1170. The lowest BCUT2D eigenvalue weighted by Crippen LogP contribution is -2.03. The van der Waals surface area contributed by atoms with Crippen LogP contribution in [0.25, 0.3) is 11.3 Å². The van der Waals surface area contributed by atoms with E-state index in [0.717, 1.165) is 10.2 Å². The van der Waals surface area contributed by atoms with E-state index in [1.54, 1.807) is 38.3 Å². The normalized spacial score (nSPS) is 10.9. The summed E-state index contributed by atoms with van der Waals surface area (Å²) < 4.78 is 20.6. The van der Waals surface area contributed by atoms with E-state index in [1.165, 1.54) is 0 Å². The van der Waals surface area contributed by atoms with Crippen LogP contribution < -0.4 is 19.5 Å². The summed E-state index contributed by atoms with van der Waals surface area (Å²) in [5, 5.41) is 3.29. The highest BCUT2D eigenvalue weighted by molar-refractivity contribution is 9.10. The summed E-state index contributed by atoms with van der Waals surface area (Å²) in [6.45, 7) is 0. The third kappa shape index (κ3) is 3.68. The van der Waals surface area contributed by atoms with Gasteiger partial charge in [0, 0.05) is 22.8 Å². The highest BCUT2D eigenvalue weighted by Gasteiger charge is 2.15. The summed E-state index contributed by atoms with van der Waals surface area (Å²) in [5.74, 6) is 2.67. The summed E-state index contributed by atoms with van der Waals surface area (Å²) in [7, 11) is 4.70. The predicted molar refractivity (Wildman–Crippen MR) is 112 cm³/mol. The number of fused-ring (bicyclic) bond motifs is 1. The van der Waals surface area contributed by atoms with Crippen LogP contribution in [0, 0.1) is 0 Å². The van der Waals surface area contributed by atoms with Crippen LogP contribution in [0.15, 0.2) is 41.4 Å². The number of ether oxygens (including phenoxy) is 3. The summed E-state index contributed by atoms with van der Waals surface area (Å²) in [5.41, 5.74) is 1.44. The van der Waals surface area contributed by atoms with Crippen molar-refractivity contribution in [3.05, 3.63) is 46.7 Å². The minimum Gasteiger partial charge on any atom is -0.493 e. The molecule has 4 aromatic rings. The Morgan fingerprint density at radius 2 is 1.72 bits per heavy atom. The van der Waals surface area contributed by atoms with Crippen LogP contribution in [0.1, 0.15) is 0 Å². The summed E-state index contributed by atoms with van der Waals surface area (Å²) >= 11 is 9.47. The third-order valence-electron chi connectivity index (χ3n) is 4.17. The maximum atomic E-state index is 6.04. The van der Waals surface area contributed by atoms with Crippen molar-refractivity contribution in [2.24, 2.45) is 0 Å². The molecule has 4 rings (SSSR count). The van der Waals surface area contributed by atoms with Crippen LogP contribution in [0.3, 0.4) is 0 Å². The maximum absolute atomic E-state index is 6.04. The van der Waals surface area contributed by atoms with Gasteiger partial charge in [0.05, 0.1) is 33.2 Å². The third-order valence-corrected chi connectivity index (χ3v) is 4.77. The van der Waals surface area contributed by atoms with E-state index < -0.39 is 0 Å². The van der Waals surface area contributed by atoms with Gasteiger partial charge in [-0.15, -0.1) is 0 Å². The van der Waals surface area contributed by atoms with Crippen LogP contribution >= 0.6 is 27.5 Å². The number of imidazole rings is 1. The molecule has 0 unspecified atom stereocenters. The van der Waals surface area contributed by atoms with Crippen molar-refractivity contribution >= 4 is 44.9 Å². The molecule has 3 aromatic heterocycles.